The lowest BCUT2D eigenvalue weighted by molar-refractivity contribution is 0.102. The zero-order valence-electron chi connectivity index (χ0n) is 15.2. The Kier molecular flexibility index (Phi) is 3.95. The van der Waals surface area contributed by atoms with Crippen molar-refractivity contribution in [2.45, 2.75) is 0 Å². The molecular formula is C23H15N3O3. The first-order chi connectivity index (χ1) is 14.2. The molecule has 0 unspecified atom stereocenters. The molecule has 140 valence electrons. The Morgan fingerprint density at radius 2 is 1.72 bits per heavy atom. The van der Waals surface area contributed by atoms with Gasteiger partial charge in [-0.1, -0.05) is 48.5 Å². The largest absolute Gasteiger partial charge is 0.417 e. The molecule has 29 heavy (non-hydrogen) atoms. The van der Waals surface area contributed by atoms with Gasteiger partial charge in [0.2, 0.25) is 0 Å². The van der Waals surface area contributed by atoms with E-state index in [0.29, 0.717) is 22.4 Å². The Labute approximate surface area is 164 Å². The Morgan fingerprint density at radius 1 is 0.931 bits per heavy atom. The van der Waals surface area contributed by atoms with Crippen molar-refractivity contribution < 1.29 is 9.21 Å². The predicted molar refractivity (Wildman–Crippen MR) is 112 cm³/mol. The van der Waals surface area contributed by atoms with E-state index in [1.165, 1.54) is 0 Å². The highest BCUT2D eigenvalue weighted by molar-refractivity contribution is 6.13. The number of carbonyl (C=O) groups excluding carboxylic acids is 1. The van der Waals surface area contributed by atoms with E-state index < -0.39 is 5.76 Å². The number of amides is 1. The summed E-state index contributed by atoms with van der Waals surface area (Å²) >= 11 is 0. The van der Waals surface area contributed by atoms with Gasteiger partial charge in [-0.3, -0.25) is 9.78 Å². The lowest BCUT2D eigenvalue weighted by Gasteiger charge is -2.11. The molecule has 2 heterocycles. The van der Waals surface area contributed by atoms with Crippen LogP contribution in [0.1, 0.15) is 10.4 Å². The summed E-state index contributed by atoms with van der Waals surface area (Å²) < 4.78 is 5.00. The van der Waals surface area contributed by atoms with Gasteiger partial charge in [0.05, 0.1) is 22.3 Å². The van der Waals surface area contributed by atoms with Gasteiger partial charge in [-0.05, 0) is 30.3 Å². The van der Waals surface area contributed by atoms with E-state index in [4.69, 9.17) is 9.40 Å². The maximum absolute atomic E-state index is 13.1. The quantitative estimate of drug-likeness (QED) is 0.478. The lowest BCUT2D eigenvalue weighted by Crippen LogP contribution is -2.13. The number of nitrogens with zero attached hydrogens (tertiary/aromatic N) is 1. The molecule has 0 saturated heterocycles. The number of H-pyrrole nitrogens is 1. The number of oxazole rings is 1. The third-order valence-corrected chi connectivity index (χ3v) is 4.71. The van der Waals surface area contributed by atoms with Crippen LogP contribution in [-0.4, -0.2) is 15.9 Å². The van der Waals surface area contributed by atoms with Crippen LogP contribution in [0.4, 0.5) is 5.69 Å². The molecule has 6 nitrogen and oxygen atoms in total. The molecule has 0 radical (unpaired) electrons. The van der Waals surface area contributed by atoms with Crippen LogP contribution in [0, 0.1) is 0 Å². The molecule has 0 aliphatic carbocycles. The van der Waals surface area contributed by atoms with Gasteiger partial charge in [0, 0.05) is 16.6 Å². The molecule has 2 aromatic heterocycles. The number of aromatic nitrogens is 2. The number of benzene rings is 3. The Bertz CT molecular complexity index is 1420. The van der Waals surface area contributed by atoms with Crippen LogP contribution in [0.3, 0.4) is 0 Å². The van der Waals surface area contributed by atoms with Crippen molar-refractivity contribution in [2.75, 3.05) is 5.32 Å². The second kappa shape index (κ2) is 6.76. The maximum Gasteiger partial charge on any atom is 0.417 e. The molecule has 6 heteroatoms. The van der Waals surface area contributed by atoms with E-state index >= 15 is 0 Å². The molecule has 0 fully saturated rings. The van der Waals surface area contributed by atoms with Crippen molar-refractivity contribution in [1.29, 1.82) is 0 Å². The summed E-state index contributed by atoms with van der Waals surface area (Å²) in [5.74, 6) is -0.790. The topological polar surface area (TPSA) is 88.0 Å². The first-order valence-corrected chi connectivity index (χ1v) is 9.07. The second-order valence-electron chi connectivity index (χ2n) is 6.62. The van der Waals surface area contributed by atoms with E-state index in [-0.39, 0.29) is 5.91 Å². The van der Waals surface area contributed by atoms with E-state index in [1.807, 2.05) is 54.6 Å². The van der Waals surface area contributed by atoms with E-state index in [9.17, 15) is 9.59 Å². The van der Waals surface area contributed by atoms with Gasteiger partial charge in [0.1, 0.15) is 0 Å². The summed E-state index contributed by atoms with van der Waals surface area (Å²) in [6.45, 7) is 0. The van der Waals surface area contributed by atoms with Gasteiger partial charge >= 0.3 is 5.76 Å². The molecule has 1 amide bonds. The third-order valence-electron chi connectivity index (χ3n) is 4.71. The molecular weight excluding hydrogens is 366 g/mol. The average Bonchev–Trinajstić information content (AvgIpc) is 3.13. The smallest absolute Gasteiger partial charge is 0.408 e. The van der Waals surface area contributed by atoms with Gasteiger partial charge in [-0.25, -0.2) is 9.78 Å². The summed E-state index contributed by atoms with van der Waals surface area (Å²) in [5, 5.41) is 3.67. The van der Waals surface area contributed by atoms with Crippen LogP contribution in [0.2, 0.25) is 0 Å². The zero-order valence-corrected chi connectivity index (χ0v) is 15.2. The molecule has 0 aliphatic rings. The fourth-order valence-electron chi connectivity index (χ4n) is 3.35. The highest BCUT2D eigenvalue weighted by Crippen LogP contribution is 2.26. The number of aromatic amines is 1. The molecule has 5 aromatic rings. The Balaban J connectivity index is 1.58. The first kappa shape index (κ1) is 16.9. The van der Waals surface area contributed by atoms with Crippen molar-refractivity contribution in [3.63, 3.8) is 0 Å². The van der Waals surface area contributed by atoms with Crippen LogP contribution in [-0.2, 0) is 0 Å². The fourth-order valence-corrected chi connectivity index (χ4v) is 3.35. The van der Waals surface area contributed by atoms with Gasteiger partial charge < -0.3 is 9.73 Å². The number of rotatable bonds is 3. The van der Waals surface area contributed by atoms with Gasteiger partial charge in [-0.15, -0.1) is 0 Å². The Morgan fingerprint density at radius 3 is 2.59 bits per heavy atom. The summed E-state index contributed by atoms with van der Waals surface area (Å²) in [4.78, 5) is 31.8. The summed E-state index contributed by atoms with van der Waals surface area (Å²) in [7, 11) is 0. The summed E-state index contributed by atoms with van der Waals surface area (Å²) in [6.07, 6.45) is 0. The number of fused-ring (bicyclic) bond motifs is 2. The second-order valence-corrected chi connectivity index (χ2v) is 6.62. The number of nitrogens with one attached hydrogen (secondary N) is 2. The molecule has 0 spiro atoms. The van der Waals surface area contributed by atoms with Crippen LogP contribution in [0.5, 0.6) is 0 Å². The minimum absolute atomic E-state index is 0.258. The van der Waals surface area contributed by atoms with Crippen LogP contribution >= 0.6 is 0 Å². The molecule has 2 N–H and O–H groups in total. The summed E-state index contributed by atoms with van der Waals surface area (Å²) in [5.41, 5.74) is 4.45. The number of anilines is 1. The van der Waals surface area contributed by atoms with Gasteiger partial charge in [-0.2, -0.15) is 0 Å². The van der Waals surface area contributed by atoms with Crippen LogP contribution < -0.4 is 11.1 Å². The van der Waals surface area contributed by atoms with Crippen LogP contribution in [0.15, 0.2) is 88.1 Å². The monoisotopic (exact) mass is 381 g/mol. The van der Waals surface area contributed by atoms with E-state index in [1.54, 1.807) is 24.3 Å². The maximum atomic E-state index is 13.1. The van der Waals surface area contributed by atoms with Crippen molar-refractivity contribution in [3.8, 4) is 11.3 Å². The molecule has 0 saturated carbocycles. The number of pyridine rings is 1. The van der Waals surface area contributed by atoms with Gasteiger partial charge in [0.15, 0.2) is 5.58 Å². The number of hydrogen-bond donors (Lipinski definition) is 2. The minimum atomic E-state index is -0.531. The number of hydrogen-bond acceptors (Lipinski definition) is 4. The number of para-hydroxylation sites is 1. The van der Waals surface area contributed by atoms with E-state index in [2.05, 4.69) is 10.3 Å². The highest BCUT2D eigenvalue weighted by Gasteiger charge is 2.14. The minimum Gasteiger partial charge on any atom is -0.408 e. The fraction of sp³-hybridized carbons (Fsp3) is 0. The number of carbonyl (C=O) groups is 1. The SMILES string of the molecule is O=C(Nc1ccc2oc(=O)[nH]c2c1)c1cc(-c2ccccc2)nc2ccccc12. The van der Waals surface area contributed by atoms with Crippen molar-refractivity contribution in [3.05, 3.63) is 95.0 Å². The molecule has 0 atom stereocenters. The molecule has 0 aliphatic heterocycles. The standard InChI is InChI=1S/C23H15N3O3/c27-22(24-15-10-11-21-20(12-15)26-23(28)29-21)17-13-19(14-6-2-1-3-7-14)25-18-9-5-4-8-16(17)18/h1-13H,(H,24,27)(H,26,28). The first-order valence-electron chi connectivity index (χ1n) is 9.07. The molecule has 3 aromatic carbocycles. The molecule has 0 bridgehead atoms. The average molecular weight is 381 g/mol. The lowest BCUT2D eigenvalue weighted by atomic mass is 10.0. The zero-order chi connectivity index (χ0) is 19.8. The summed E-state index contributed by atoms with van der Waals surface area (Å²) in [6, 6.07) is 24.1. The highest BCUT2D eigenvalue weighted by atomic mass is 16.4. The Hall–Kier alpha value is -4.19. The normalized spacial score (nSPS) is 11.0. The van der Waals surface area contributed by atoms with Gasteiger partial charge in [0.25, 0.3) is 5.91 Å². The van der Waals surface area contributed by atoms with Crippen molar-refractivity contribution in [1.82, 2.24) is 9.97 Å². The third kappa shape index (κ3) is 3.17. The molecule has 5 rings (SSSR count). The van der Waals surface area contributed by atoms with E-state index in [0.717, 1.165) is 22.2 Å². The van der Waals surface area contributed by atoms with Crippen LogP contribution in [0.25, 0.3) is 33.3 Å². The predicted octanol–water partition coefficient (Wildman–Crippen LogP) is 4.59. The van der Waals surface area contributed by atoms with Crippen molar-refractivity contribution in [2.24, 2.45) is 0 Å². The van der Waals surface area contributed by atoms with Crippen molar-refractivity contribution >= 4 is 33.6 Å².